The first-order chi connectivity index (χ1) is 8.55. The number of aliphatic hydroxyl groups excluding tert-OH is 1. The maximum atomic E-state index is 12.5. The van der Waals surface area contributed by atoms with Gasteiger partial charge in [-0.25, -0.2) is 8.42 Å². The lowest BCUT2D eigenvalue weighted by Crippen LogP contribution is -2.32. The number of hydrogen-bond donors (Lipinski definition) is 1. The van der Waals surface area contributed by atoms with Gasteiger partial charge < -0.3 is 9.52 Å². The summed E-state index contributed by atoms with van der Waals surface area (Å²) < 4.78 is 31.7. The maximum Gasteiger partial charge on any atom is 0.246 e. The summed E-state index contributed by atoms with van der Waals surface area (Å²) in [7, 11) is -3.48. The Bertz CT molecular complexity index is 498. The first kappa shape index (κ1) is 13.6. The first-order valence-electron chi connectivity index (χ1n) is 6.26. The number of aliphatic hydroxyl groups is 1. The Morgan fingerprint density at radius 3 is 2.39 bits per heavy atom. The molecule has 18 heavy (non-hydrogen) atoms. The Morgan fingerprint density at radius 2 is 1.89 bits per heavy atom. The lowest BCUT2D eigenvalue weighted by atomic mass is 10.2. The number of rotatable bonds is 3. The lowest BCUT2D eigenvalue weighted by molar-refractivity contribution is 0.244. The lowest BCUT2D eigenvalue weighted by Gasteiger charge is -2.19. The van der Waals surface area contributed by atoms with E-state index in [0.29, 0.717) is 24.6 Å². The van der Waals surface area contributed by atoms with Crippen LogP contribution in [0.25, 0.3) is 0 Å². The van der Waals surface area contributed by atoms with Crippen LogP contribution >= 0.6 is 0 Å². The first-order valence-corrected chi connectivity index (χ1v) is 7.70. The minimum atomic E-state index is -3.48. The predicted octanol–water partition coefficient (Wildman–Crippen LogP) is 1.65. The molecule has 0 amide bonds. The highest BCUT2D eigenvalue weighted by atomic mass is 32.2. The van der Waals surface area contributed by atoms with Gasteiger partial charge in [0.25, 0.3) is 0 Å². The molecule has 0 saturated carbocycles. The van der Waals surface area contributed by atoms with Gasteiger partial charge in [-0.15, -0.1) is 0 Å². The zero-order valence-electron chi connectivity index (χ0n) is 10.6. The van der Waals surface area contributed by atoms with Crippen molar-refractivity contribution in [3.63, 3.8) is 0 Å². The van der Waals surface area contributed by atoms with Crippen LogP contribution < -0.4 is 0 Å². The topological polar surface area (TPSA) is 70.8 Å². The molecule has 102 valence electrons. The van der Waals surface area contributed by atoms with Crippen LogP contribution in [0.15, 0.2) is 15.4 Å². The van der Waals surface area contributed by atoms with Crippen molar-refractivity contribution in [3.05, 3.63) is 17.6 Å². The number of aryl methyl sites for hydroxylation is 1. The highest BCUT2D eigenvalue weighted by Crippen LogP contribution is 2.25. The SMILES string of the molecule is Cc1oc(CO)cc1S(=O)(=O)N1CCCCCC1. The number of nitrogens with zero attached hydrogens (tertiary/aromatic N) is 1. The van der Waals surface area contributed by atoms with Gasteiger partial charge in [0, 0.05) is 19.2 Å². The van der Waals surface area contributed by atoms with Gasteiger partial charge in [0.05, 0.1) is 0 Å². The van der Waals surface area contributed by atoms with E-state index in [1.807, 2.05) is 0 Å². The Labute approximate surface area is 107 Å². The molecule has 1 N–H and O–H groups in total. The number of hydrogen-bond acceptors (Lipinski definition) is 4. The molecule has 0 bridgehead atoms. The largest absolute Gasteiger partial charge is 0.462 e. The summed E-state index contributed by atoms with van der Waals surface area (Å²) in [6.45, 7) is 2.48. The van der Waals surface area contributed by atoms with Crippen molar-refractivity contribution < 1.29 is 17.9 Å². The molecule has 0 radical (unpaired) electrons. The van der Waals surface area contributed by atoms with Gasteiger partial charge in [0.15, 0.2) is 0 Å². The molecule has 1 saturated heterocycles. The molecule has 6 heteroatoms. The monoisotopic (exact) mass is 273 g/mol. The third kappa shape index (κ3) is 2.60. The van der Waals surface area contributed by atoms with Gasteiger partial charge in [0.1, 0.15) is 23.0 Å². The van der Waals surface area contributed by atoms with E-state index < -0.39 is 10.0 Å². The van der Waals surface area contributed by atoms with Gasteiger partial charge in [-0.05, 0) is 19.8 Å². The highest BCUT2D eigenvalue weighted by Gasteiger charge is 2.28. The second-order valence-corrected chi connectivity index (χ2v) is 6.52. The second-order valence-electron chi connectivity index (χ2n) is 4.61. The molecule has 0 atom stereocenters. The fourth-order valence-corrected chi connectivity index (χ4v) is 3.98. The van der Waals surface area contributed by atoms with Crippen molar-refractivity contribution in [1.29, 1.82) is 0 Å². The summed E-state index contributed by atoms with van der Waals surface area (Å²) in [5.41, 5.74) is 0. The molecule has 1 aromatic heterocycles. The average Bonchev–Trinajstić information content (AvgIpc) is 2.55. The summed E-state index contributed by atoms with van der Waals surface area (Å²) in [5.74, 6) is 0.643. The van der Waals surface area contributed by atoms with E-state index in [4.69, 9.17) is 9.52 Å². The number of furan rings is 1. The predicted molar refractivity (Wildman–Crippen MR) is 66.6 cm³/mol. The molecule has 1 fully saturated rings. The van der Waals surface area contributed by atoms with Gasteiger partial charge in [-0.3, -0.25) is 0 Å². The van der Waals surface area contributed by atoms with Crippen LogP contribution in [0.1, 0.15) is 37.2 Å². The molecule has 0 unspecified atom stereocenters. The third-order valence-corrected chi connectivity index (χ3v) is 5.27. The molecule has 0 aliphatic carbocycles. The normalized spacial score (nSPS) is 18.8. The Morgan fingerprint density at radius 1 is 1.28 bits per heavy atom. The van der Waals surface area contributed by atoms with Crippen molar-refractivity contribution in [2.75, 3.05) is 13.1 Å². The van der Waals surface area contributed by atoms with Crippen molar-refractivity contribution in [1.82, 2.24) is 4.31 Å². The van der Waals surface area contributed by atoms with Crippen LogP contribution in [0, 0.1) is 6.92 Å². The van der Waals surface area contributed by atoms with Crippen LogP contribution in [0.3, 0.4) is 0 Å². The van der Waals surface area contributed by atoms with Crippen LogP contribution in [0.5, 0.6) is 0 Å². The van der Waals surface area contributed by atoms with Crippen molar-refractivity contribution in [2.45, 2.75) is 44.1 Å². The van der Waals surface area contributed by atoms with E-state index in [1.165, 1.54) is 10.4 Å². The van der Waals surface area contributed by atoms with Crippen molar-refractivity contribution in [2.24, 2.45) is 0 Å². The maximum absolute atomic E-state index is 12.5. The average molecular weight is 273 g/mol. The zero-order valence-corrected chi connectivity index (χ0v) is 11.4. The molecular weight excluding hydrogens is 254 g/mol. The smallest absolute Gasteiger partial charge is 0.246 e. The second kappa shape index (κ2) is 5.42. The van der Waals surface area contributed by atoms with Gasteiger partial charge >= 0.3 is 0 Å². The molecule has 0 aromatic carbocycles. The van der Waals surface area contributed by atoms with E-state index in [1.54, 1.807) is 6.92 Å². The molecule has 1 aromatic rings. The van der Waals surface area contributed by atoms with Crippen molar-refractivity contribution >= 4 is 10.0 Å². The molecule has 0 spiro atoms. The molecule has 5 nitrogen and oxygen atoms in total. The summed E-state index contributed by atoms with van der Waals surface area (Å²) in [5, 5.41) is 8.99. The molecule has 2 heterocycles. The Kier molecular flexibility index (Phi) is 4.09. The summed E-state index contributed by atoms with van der Waals surface area (Å²) >= 11 is 0. The van der Waals surface area contributed by atoms with Crippen LogP contribution in [-0.2, 0) is 16.6 Å². The Balaban J connectivity index is 2.31. The van der Waals surface area contributed by atoms with E-state index in [0.717, 1.165) is 25.7 Å². The third-order valence-electron chi connectivity index (χ3n) is 3.26. The molecular formula is C12H19NO4S. The Hall–Kier alpha value is -0.850. The summed E-state index contributed by atoms with van der Waals surface area (Å²) in [4.78, 5) is 0.188. The van der Waals surface area contributed by atoms with E-state index in [2.05, 4.69) is 0 Å². The molecule has 1 aliphatic heterocycles. The summed E-state index contributed by atoms with van der Waals surface area (Å²) in [6.07, 6.45) is 3.97. The zero-order chi connectivity index (χ0) is 13.2. The standard InChI is InChI=1S/C12H19NO4S/c1-10-12(8-11(9-14)17-10)18(15,16)13-6-4-2-3-5-7-13/h8,14H,2-7,9H2,1H3. The highest BCUT2D eigenvalue weighted by molar-refractivity contribution is 7.89. The van der Waals surface area contributed by atoms with Crippen LogP contribution in [-0.4, -0.2) is 30.9 Å². The van der Waals surface area contributed by atoms with Gasteiger partial charge in [0.2, 0.25) is 10.0 Å². The van der Waals surface area contributed by atoms with E-state index in [-0.39, 0.29) is 11.5 Å². The van der Waals surface area contributed by atoms with Crippen LogP contribution in [0.2, 0.25) is 0 Å². The van der Waals surface area contributed by atoms with Crippen molar-refractivity contribution in [3.8, 4) is 0 Å². The molecule has 1 aliphatic rings. The fourth-order valence-electron chi connectivity index (χ4n) is 2.28. The van der Waals surface area contributed by atoms with Gasteiger partial charge in [-0.1, -0.05) is 12.8 Å². The minimum Gasteiger partial charge on any atom is -0.462 e. The van der Waals surface area contributed by atoms with Gasteiger partial charge in [-0.2, -0.15) is 4.31 Å². The summed E-state index contributed by atoms with van der Waals surface area (Å²) in [6, 6.07) is 1.43. The fraction of sp³-hybridized carbons (Fsp3) is 0.667. The van der Waals surface area contributed by atoms with Crippen LogP contribution in [0.4, 0.5) is 0 Å². The molecule has 2 rings (SSSR count). The quantitative estimate of drug-likeness (QED) is 0.909. The van der Waals surface area contributed by atoms with E-state index in [9.17, 15) is 8.42 Å². The number of sulfonamides is 1. The minimum absolute atomic E-state index is 0.188. The van der Waals surface area contributed by atoms with E-state index >= 15 is 0 Å².